The van der Waals surface area contributed by atoms with Crippen LogP contribution in [-0.2, 0) is 14.3 Å². The van der Waals surface area contributed by atoms with Gasteiger partial charge < -0.3 is 24.0 Å². The summed E-state index contributed by atoms with van der Waals surface area (Å²) in [6.45, 7) is 2.20. The summed E-state index contributed by atoms with van der Waals surface area (Å²) in [5.41, 5.74) is 1.51. The van der Waals surface area contributed by atoms with Gasteiger partial charge in [-0.25, -0.2) is 9.97 Å². The van der Waals surface area contributed by atoms with Crippen molar-refractivity contribution in [2.45, 2.75) is 12.5 Å². The van der Waals surface area contributed by atoms with Crippen LogP contribution in [0.2, 0.25) is 10.0 Å². The number of morpholine rings is 1. The molecule has 1 atom stereocenters. The Balaban J connectivity index is 1.62. The van der Waals surface area contributed by atoms with E-state index in [1.165, 1.54) is 0 Å². The lowest BCUT2D eigenvalue weighted by molar-refractivity contribution is -0.138. The van der Waals surface area contributed by atoms with Gasteiger partial charge >= 0.3 is 5.97 Å². The maximum absolute atomic E-state index is 10.6. The molecule has 1 saturated heterocycles. The van der Waals surface area contributed by atoms with Gasteiger partial charge in [0.15, 0.2) is 0 Å². The van der Waals surface area contributed by atoms with Crippen LogP contribution in [0.1, 0.15) is 6.42 Å². The molecular weight excluding hydrogens is 431 g/mol. The first-order valence-electron chi connectivity index (χ1n) is 9.46. The molecule has 158 valence electrons. The number of carbonyl (C=O) groups is 1. The second-order valence-electron chi connectivity index (χ2n) is 6.88. The Hall–Kier alpha value is -2.39. The fourth-order valence-electron chi connectivity index (χ4n) is 3.38. The summed E-state index contributed by atoms with van der Waals surface area (Å²) >= 11 is 12.7. The Morgan fingerprint density at radius 3 is 3.00 bits per heavy atom. The summed E-state index contributed by atoms with van der Waals surface area (Å²) in [4.78, 5) is 21.7. The number of pyridine rings is 1. The van der Waals surface area contributed by atoms with Crippen LogP contribution in [0.25, 0.3) is 16.6 Å². The van der Waals surface area contributed by atoms with Crippen molar-refractivity contribution >= 4 is 45.9 Å². The number of aliphatic carboxylic acids is 1. The van der Waals surface area contributed by atoms with Crippen molar-refractivity contribution in [3.05, 3.63) is 47.0 Å². The maximum Gasteiger partial charge on any atom is 0.305 e. The highest BCUT2D eigenvalue weighted by molar-refractivity contribution is 6.45. The number of fused-ring (bicyclic) bond motifs is 1. The summed E-state index contributed by atoms with van der Waals surface area (Å²) in [5.74, 6) is -0.140. The lowest BCUT2D eigenvalue weighted by Gasteiger charge is -2.34. The van der Waals surface area contributed by atoms with Crippen LogP contribution >= 0.6 is 23.2 Å². The lowest BCUT2D eigenvalue weighted by atomic mass is 10.1. The minimum Gasteiger partial charge on any atom is -0.481 e. The van der Waals surface area contributed by atoms with E-state index in [0.717, 1.165) is 16.9 Å². The number of carboxylic acids is 1. The molecule has 3 heterocycles. The molecule has 30 heavy (non-hydrogen) atoms. The third-order valence-corrected chi connectivity index (χ3v) is 5.64. The highest BCUT2D eigenvalue weighted by atomic mass is 35.5. The summed E-state index contributed by atoms with van der Waals surface area (Å²) in [6, 6.07) is 5.64. The molecule has 2 aromatic heterocycles. The van der Waals surface area contributed by atoms with E-state index in [0.29, 0.717) is 41.9 Å². The predicted octanol–water partition coefficient (Wildman–Crippen LogP) is 3.42. The molecule has 0 aliphatic carbocycles. The van der Waals surface area contributed by atoms with E-state index < -0.39 is 5.97 Å². The molecule has 1 aliphatic rings. The maximum atomic E-state index is 10.6. The van der Waals surface area contributed by atoms with Gasteiger partial charge in [-0.05, 0) is 12.1 Å². The molecule has 10 heteroatoms. The van der Waals surface area contributed by atoms with Gasteiger partial charge in [0, 0.05) is 36.9 Å². The first-order valence-corrected chi connectivity index (χ1v) is 10.2. The molecule has 0 saturated carbocycles. The number of hydrogen-bond donors (Lipinski definition) is 1. The standard InChI is InChI=1S/C20H20Cl2N4O4/c21-15-2-1-14-16(26-5-4-23-12-26)9-17(24-20(14)19(15)22)25-6-8-30-13(10-25)11-29-7-3-18(27)28/h1-2,4-5,9,12-13H,3,6-8,10-11H2,(H,27,28)/t13-/m0/s1. The van der Waals surface area contributed by atoms with Gasteiger partial charge in [0.05, 0.1) is 59.9 Å². The van der Waals surface area contributed by atoms with E-state index in [9.17, 15) is 4.79 Å². The summed E-state index contributed by atoms with van der Waals surface area (Å²) in [7, 11) is 0. The number of aromatic nitrogens is 3. The minimum atomic E-state index is -0.885. The van der Waals surface area contributed by atoms with Crippen molar-refractivity contribution < 1.29 is 19.4 Å². The Morgan fingerprint density at radius 2 is 2.23 bits per heavy atom. The van der Waals surface area contributed by atoms with Gasteiger partial charge in [-0.15, -0.1) is 0 Å². The van der Waals surface area contributed by atoms with E-state index in [1.807, 2.05) is 22.9 Å². The second kappa shape index (κ2) is 9.18. The van der Waals surface area contributed by atoms with Crippen molar-refractivity contribution in [3.8, 4) is 5.69 Å². The first-order chi connectivity index (χ1) is 14.5. The molecule has 8 nitrogen and oxygen atoms in total. The van der Waals surface area contributed by atoms with E-state index in [4.69, 9.17) is 42.8 Å². The fourth-order valence-corrected chi connectivity index (χ4v) is 3.74. The molecule has 0 radical (unpaired) electrons. The Kier molecular flexibility index (Phi) is 6.38. The number of hydrogen-bond acceptors (Lipinski definition) is 6. The summed E-state index contributed by atoms with van der Waals surface area (Å²) in [6.07, 6.45) is 5.08. The van der Waals surface area contributed by atoms with Crippen LogP contribution in [-0.4, -0.2) is 64.6 Å². The number of benzene rings is 1. The zero-order valence-corrected chi connectivity index (χ0v) is 17.5. The van der Waals surface area contributed by atoms with Crippen LogP contribution in [0.3, 0.4) is 0 Å². The number of rotatable bonds is 7. The normalized spacial score (nSPS) is 16.9. The fraction of sp³-hybridized carbons (Fsp3) is 0.350. The van der Waals surface area contributed by atoms with E-state index in [1.54, 1.807) is 18.6 Å². The largest absolute Gasteiger partial charge is 0.481 e. The van der Waals surface area contributed by atoms with Gasteiger partial charge in [0.1, 0.15) is 5.82 Å². The van der Waals surface area contributed by atoms with Gasteiger partial charge in [-0.2, -0.15) is 0 Å². The summed E-state index contributed by atoms with van der Waals surface area (Å²) < 4.78 is 13.1. The molecule has 4 rings (SSSR count). The van der Waals surface area contributed by atoms with Crippen LogP contribution in [0, 0.1) is 0 Å². The molecule has 1 N–H and O–H groups in total. The molecule has 0 bridgehead atoms. The van der Waals surface area contributed by atoms with E-state index in [2.05, 4.69) is 9.88 Å². The lowest BCUT2D eigenvalue weighted by Crippen LogP contribution is -2.45. The van der Waals surface area contributed by atoms with Gasteiger partial charge in [0.2, 0.25) is 0 Å². The molecule has 0 amide bonds. The zero-order valence-electron chi connectivity index (χ0n) is 16.0. The third-order valence-electron chi connectivity index (χ3n) is 4.85. The van der Waals surface area contributed by atoms with Crippen molar-refractivity contribution in [3.63, 3.8) is 0 Å². The van der Waals surface area contributed by atoms with Gasteiger partial charge in [0.25, 0.3) is 0 Å². The van der Waals surface area contributed by atoms with Crippen molar-refractivity contribution in [1.29, 1.82) is 0 Å². The van der Waals surface area contributed by atoms with Crippen LogP contribution in [0.4, 0.5) is 5.82 Å². The van der Waals surface area contributed by atoms with Crippen molar-refractivity contribution in [2.24, 2.45) is 0 Å². The van der Waals surface area contributed by atoms with Crippen LogP contribution in [0.5, 0.6) is 0 Å². The van der Waals surface area contributed by atoms with Crippen molar-refractivity contribution in [2.75, 3.05) is 37.8 Å². The number of anilines is 1. The van der Waals surface area contributed by atoms with Crippen LogP contribution in [0.15, 0.2) is 36.9 Å². The highest BCUT2D eigenvalue weighted by Crippen LogP contribution is 2.35. The quantitative estimate of drug-likeness (QED) is 0.551. The second-order valence-corrected chi connectivity index (χ2v) is 7.67. The Morgan fingerprint density at radius 1 is 1.37 bits per heavy atom. The van der Waals surface area contributed by atoms with Gasteiger partial charge in [-0.3, -0.25) is 4.79 Å². The molecule has 1 fully saturated rings. The molecule has 1 aliphatic heterocycles. The zero-order chi connectivity index (χ0) is 21.1. The van der Waals surface area contributed by atoms with E-state index in [-0.39, 0.29) is 19.1 Å². The topological polar surface area (TPSA) is 89.7 Å². The first kappa shape index (κ1) is 20.9. The van der Waals surface area contributed by atoms with Crippen molar-refractivity contribution in [1.82, 2.24) is 14.5 Å². The predicted molar refractivity (Wildman–Crippen MR) is 114 cm³/mol. The molecule has 1 aromatic carbocycles. The van der Waals surface area contributed by atoms with E-state index >= 15 is 0 Å². The number of ether oxygens (including phenoxy) is 2. The van der Waals surface area contributed by atoms with Crippen LogP contribution < -0.4 is 4.90 Å². The Bertz CT molecular complexity index is 1040. The average molecular weight is 451 g/mol. The number of halogens is 2. The molecule has 3 aromatic rings. The minimum absolute atomic E-state index is 0.0316. The number of carboxylic acid groups (broad SMARTS) is 1. The number of imidazole rings is 1. The average Bonchev–Trinajstić information content (AvgIpc) is 3.28. The van der Waals surface area contributed by atoms with Gasteiger partial charge in [-0.1, -0.05) is 23.2 Å². The third kappa shape index (κ3) is 4.52. The number of nitrogens with zero attached hydrogens (tertiary/aromatic N) is 4. The Labute approximate surface area is 182 Å². The molecular formula is C20H20Cl2N4O4. The molecule has 0 unspecified atom stereocenters. The SMILES string of the molecule is O=C(O)CCOC[C@@H]1CN(c2cc(-n3ccnc3)c3ccc(Cl)c(Cl)c3n2)CCO1. The molecule has 0 spiro atoms. The summed E-state index contributed by atoms with van der Waals surface area (Å²) in [5, 5.41) is 10.4. The smallest absolute Gasteiger partial charge is 0.305 e. The monoisotopic (exact) mass is 450 g/mol. The highest BCUT2D eigenvalue weighted by Gasteiger charge is 2.23.